The second-order valence-electron chi connectivity index (χ2n) is 7.86. The van der Waals surface area contributed by atoms with Crippen LogP contribution in [0, 0.1) is 0 Å². The summed E-state index contributed by atoms with van der Waals surface area (Å²) in [6.07, 6.45) is 8.13. The van der Waals surface area contributed by atoms with Crippen LogP contribution in [-0.2, 0) is 13.1 Å². The number of hydrogen-bond donors (Lipinski definition) is 0. The van der Waals surface area contributed by atoms with Crippen LogP contribution in [-0.4, -0.2) is 36.0 Å². The molecule has 2 fully saturated rings. The van der Waals surface area contributed by atoms with Crippen LogP contribution < -0.4 is 0 Å². The maximum Gasteiger partial charge on any atom is 0.0451 e. The van der Waals surface area contributed by atoms with Crippen molar-refractivity contribution in [3.63, 3.8) is 0 Å². The predicted octanol–water partition coefficient (Wildman–Crippen LogP) is 6.65. The molecule has 152 valence electrons. The van der Waals surface area contributed by atoms with Crippen molar-refractivity contribution < 1.29 is 0 Å². The van der Waals surface area contributed by atoms with Crippen LogP contribution in [0.3, 0.4) is 0 Å². The Bertz CT molecular complexity index is 646. The van der Waals surface area contributed by atoms with Gasteiger partial charge in [0, 0.05) is 23.1 Å². The van der Waals surface area contributed by atoms with E-state index in [1.165, 1.54) is 75.8 Å². The lowest BCUT2D eigenvalue weighted by Crippen LogP contribution is -2.29. The number of benzene rings is 2. The maximum absolute atomic E-state index is 6.12. The van der Waals surface area contributed by atoms with Gasteiger partial charge in [-0.15, -0.1) is 0 Å². The van der Waals surface area contributed by atoms with E-state index in [0.29, 0.717) is 0 Å². The SMILES string of the molecule is Clc1ccccc1CN1CCCCC1.Clc1ccccc1CN1CCCCC1. The molecule has 2 aromatic carbocycles. The highest BCUT2D eigenvalue weighted by atomic mass is 35.5. The molecule has 0 N–H and O–H groups in total. The third-order valence-corrected chi connectivity index (χ3v) is 6.34. The Morgan fingerprint density at radius 2 is 0.893 bits per heavy atom. The lowest BCUT2D eigenvalue weighted by molar-refractivity contribution is 0.221. The third-order valence-electron chi connectivity index (χ3n) is 5.60. The number of likely N-dealkylation sites (tertiary alicyclic amines) is 2. The monoisotopic (exact) mass is 418 g/mol. The molecule has 0 bridgehead atoms. The summed E-state index contributed by atoms with van der Waals surface area (Å²) in [5.74, 6) is 0. The summed E-state index contributed by atoms with van der Waals surface area (Å²) in [6.45, 7) is 6.94. The number of piperidine rings is 2. The van der Waals surface area contributed by atoms with Crippen LogP contribution in [0.4, 0.5) is 0 Å². The van der Waals surface area contributed by atoms with Gasteiger partial charge in [0.2, 0.25) is 0 Å². The first-order valence-corrected chi connectivity index (χ1v) is 11.4. The maximum atomic E-state index is 6.12. The molecule has 0 aliphatic carbocycles. The van der Waals surface area contributed by atoms with Gasteiger partial charge in [-0.3, -0.25) is 9.80 Å². The van der Waals surface area contributed by atoms with Crippen molar-refractivity contribution in [2.75, 3.05) is 26.2 Å². The summed E-state index contributed by atoms with van der Waals surface area (Å²) in [7, 11) is 0. The summed E-state index contributed by atoms with van der Waals surface area (Å²) < 4.78 is 0. The van der Waals surface area contributed by atoms with Crippen molar-refractivity contribution in [2.24, 2.45) is 0 Å². The van der Waals surface area contributed by atoms with E-state index < -0.39 is 0 Å². The predicted molar refractivity (Wildman–Crippen MR) is 121 cm³/mol. The number of nitrogens with zero attached hydrogens (tertiary/aromatic N) is 2. The molecule has 2 heterocycles. The van der Waals surface area contributed by atoms with E-state index in [2.05, 4.69) is 34.1 Å². The Hall–Kier alpha value is -1.06. The Morgan fingerprint density at radius 3 is 1.25 bits per heavy atom. The molecule has 0 aromatic heterocycles. The molecular formula is C24H32Cl2N2. The summed E-state index contributed by atoms with van der Waals surface area (Å²) in [6, 6.07) is 16.3. The highest BCUT2D eigenvalue weighted by Gasteiger charge is 2.12. The van der Waals surface area contributed by atoms with Crippen molar-refractivity contribution in [1.82, 2.24) is 9.80 Å². The molecule has 0 radical (unpaired) electrons. The number of hydrogen-bond acceptors (Lipinski definition) is 2. The molecule has 0 unspecified atom stereocenters. The largest absolute Gasteiger partial charge is 0.299 e. The van der Waals surface area contributed by atoms with Gasteiger partial charge in [-0.1, -0.05) is 72.4 Å². The van der Waals surface area contributed by atoms with Gasteiger partial charge in [-0.05, 0) is 75.1 Å². The Labute approximate surface area is 180 Å². The smallest absolute Gasteiger partial charge is 0.0451 e. The molecule has 2 aliphatic heterocycles. The average molecular weight is 419 g/mol. The molecule has 2 nitrogen and oxygen atoms in total. The standard InChI is InChI=1S/2C12H16ClN/c2*13-12-7-3-2-6-11(12)10-14-8-4-1-5-9-14/h2*2-3,6-7H,1,4-5,8-10H2. The normalized spacial score (nSPS) is 18.4. The van der Waals surface area contributed by atoms with Crippen LogP contribution >= 0.6 is 23.2 Å². The van der Waals surface area contributed by atoms with Crippen LogP contribution in [0.2, 0.25) is 10.0 Å². The lowest BCUT2D eigenvalue weighted by atomic mass is 10.1. The Morgan fingerprint density at radius 1 is 0.536 bits per heavy atom. The van der Waals surface area contributed by atoms with E-state index in [4.69, 9.17) is 23.2 Å². The third kappa shape index (κ3) is 7.08. The molecule has 0 amide bonds. The number of halogens is 2. The molecule has 0 saturated carbocycles. The van der Waals surface area contributed by atoms with E-state index in [9.17, 15) is 0 Å². The first-order chi connectivity index (χ1) is 13.7. The van der Waals surface area contributed by atoms with Gasteiger partial charge in [-0.25, -0.2) is 0 Å². The van der Waals surface area contributed by atoms with Crippen molar-refractivity contribution in [3.8, 4) is 0 Å². The summed E-state index contributed by atoms with van der Waals surface area (Å²) in [5, 5.41) is 1.80. The molecule has 4 heteroatoms. The topological polar surface area (TPSA) is 6.48 Å². The van der Waals surface area contributed by atoms with Gasteiger partial charge in [0.25, 0.3) is 0 Å². The van der Waals surface area contributed by atoms with Crippen molar-refractivity contribution >= 4 is 23.2 Å². The van der Waals surface area contributed by atoms with Gasteiger partial charge < -0.3 is 0 Å². The van der Waals surface area contributed by atoms with Gasteiger partial charge >= 0.3 is 0 Å². The Kier molecular flexibility index (Phi) is 9.14. The number of rotatable bonds is 4. The fourth-order valence-corrected chi connectivity index (χ4v) is 4.36. The molecule has 28 heavy (non-hydrogen) atoms. The first-order valence-electron chi connectivity index (χ1n) is 10.6. The molecule has 2 aromatic rings. The first kappa shape index (κ1) is 21.6. The Balaban J connectivity index is 0.000000161. The fraction of sp³-hybridized carbons (Fsp3) is 0.500. The van der Waals surface area contributed by atoms with Gasteiger partial charge in [0.05, 0.1) is 0 Å². The van der Waals surface area contributed by atoms with Crippen molar-refractivity contribution in [2.45, 2.75) is 51.6 Å². The van der Waals surface area contributed by atoms with Gasteiger partial charge in [0.15, 0.2) is 0 Å². The van der Waals surface area contributed by atoms with Crippen LogP contribution in [0.5, 0.6) is 0 Å². The summed E-state index contributed by atoms with van der Waals surface area (Å²) in [4.78, 5) is 4.98. The zero-order valence-electron chi connectivity index (χ0n) is 16.8. The van der Waals surface area contributed by atoms with Gasteiger partial charge in [-0.2, -0.15) is 0 Å². The second-order valence-corrected chi connectivity index (χ2v) is 8.67. The summed E-state index contributed by atoms with van der Waals surface area (Å²) >= 11 is 12.2. The van der Waals surface area contributed by atoms with Crippen LogP contribution in [0.25, 0.3) is 0 Å². The van der Waals surface area contributed by atoms with Crippen molar-refractivity contribution in [3.05, 3.63) is 69.7 Å². The van der Waals surface area contributed by atoms with Gasteiger partial charge in [0.1, 0.15) is 0 Å². The quantitative estimate of drug-likeness (QED) is 0.547. The summed E-state index contributed by atoms with van der Waals surface area (Å²) in [5.41, 5.74) is 2.52. The lowest BCUT2D eigenvalue weighted by Gasteiger charge is -2.26. The average Bonchev–Trinajstić information content (AvgIpc) is 2.74. The second kappa shape index (κ2) is 11.8. The molecule has 0 spiro atoms. The van der Waals surface area contributed by atoms with Crippen LogP contribution in [0.15, 0.2) is 48.5 Å². The van der Waals surface area contributed by atoms with E-state index in [0.717, 1.165) is 23.1 Å². The fourth-order valence-electron chi connectivity index (χ4n) is 3.97. The van der Waals surface area contributed by atoms with E-state index in [1.54, 1.807) is 0 Å². The zero-order valence-corrected chi connectivity index (χ0v) is 18.3. The molecule has 0 atom stereocenters. The zero-order chi connectivity index (χ0) is 19.6. The van der Waals surface area contributed by atoms with Crippen molar-refractivity contribution in [1.29, 1.82) is 0 Å². The van der Waals surface area contributed by atoms with E-state index >= 15 is 0 Å². The highest BCUT2D eigenvalue weighted by Crippen LogP contribution is 2.20. The molecular weight excluding hydrogens is 387 g/mol. The molecule has 4 rings (SSSR count). The molecule has 2 saturated heterocycles. The van der Waals surface area contributed by atoms with Crippen LogP contribution in [0.1, 0.15) is 49.7 Å². The minimum absolute atomic E-state index is 0.901. The van der Waals surface area contributed by atoms with E-state index in [-0.39, 0.29) is 0 Å². The minimum atomic E-state index is 0.901. The minimum Gasteiger partial charge on any atom is -0.299 e. The highest BCUT2D eigenvalue weighted by molar-refractivity contribution is 6.31. The molecule has 2 aliphatic rings. The van der Waals surface area contributed by atoms with E-state index in [1.807, 2.05) is 24.3 Å².